The summed E-state index contributed by atoms with van der Waals surface area (Å²) in [6, 6.07) is 14.2. The minimum atomic E-state index is -0.656. The summed E-state index contributed by atoms with van der Waals surface area (Å²) in [5.74, 6) is -0.157. The maximum atomic E-state index is 13.7. The zero-order valence-corrected chi connectivity index (χ0v) is 21.7. The highest BCUT2D eigenvalue weighted by Gasteiger charge is 2.33. The molecule has 186 valence electrons. The molecule has 1 aliphatic heterocycles. The Kier molecular flexibility index (Phi) is 7.35. The van der Waals surface area contributed by atoms with Crippen molar-refractivity contribution in [1.29, 1.82) is 0 Å². The standard InChI is InChI=1S/C28H28N2O5S/c1-6-34-27(33)24-17(4)29-28-30(25(24)21-12-10-20(11-13-21)16(2)3)26(32)23(36-28)15-19-8-7-9-22(14-19)35-18(5)31/h7-16,25H,6H2,1-5H3/b23-15+/t25-/m1/s1. The summed E-state index contributed by atoms with van der Waals surface area (Å²) < 4.78 is 12.5. The summed E-state index contributed by atoms with van der Waals surface area (Å²) in [5, 5.41) is 0. The lowest BCUT2D eigenvalue weighted by molar-refractivity contribution is -0.139. The van der Waals surface area contributed by atoms with Crippen LogP contribution in [0.1, 0.15) is 63.3 Å². The van der Waals surface area contributed by atoms with E-state index in [-0.39, 0.29) is 12.2 Å². The number of hydrogen-bond donors (Lipinski definition) is 0. The van der Waals surface area contributed by atoms with Crippen LogP contribution in [0.15, 0.2) is 69.6 Å². The number of carbonyl (C=O) groups is 2. The van der Waals surface area contributed by atoms with Gasteiger partial charge in [0.1, 0.15) is 5.75 Å². The molecular formula is C28H28N2O5S. The van der Waals surface area contributed by atoms with E-state index in [1.54, 1.807) is 42.7 Å². The lowest BCUT2D eigenvalue weighted by Gasteiger charge is -2.25. The van der Waals surface area contributed by atoms with E-state index in [1.807, 2.05) is 30.3 Å². The second-order valence-corrected chi connectivity index (χ2v) is 9.80. The molecule has 0 bridgehead atoms. The Hall–Kier alpha value is -3.78. The molecule has 2 heterocycles. The Balaban J connectivity index is 1.89. The SMILES string of the molecule is CCOC(=O)C1=C(C)N=c2s/c(=C/c3cccc(OC(C)=O)c3)c(=O)n2[C@@H]1c1ccc(C(C)C)cc1. The fraction of sp³-hybridized carbons (Fsp3) is 0.286. The maximum absolute atomic E-state index is 13.7. The number of benzene rings is 2. The van der Waals surface area contributed by atoms with Gasteiger partial charge in [-0.25, -0.2) is 9.79 Å². The molecule has 1 aromatic heterocycles. The average Bonchev–Trinajstić information content (AvgIpc) is 3.12. The molecule has 4 rings (SSSR count). The van der Waals surface area contributed by atoms with E-state index >= 15 is 0 Å². The van der Waals surface area contributed by atoms with Gasteiger partial charge in [-0.2, -0.15) is 0 Å². The maximum Gasteiger partial charge on any atom is 0.338 e. The minimum absolute atomic E-state index is 0.220. The van der Waals surface area contributed by atoms with Crippen LogP contribution in [0.25, 0.3) is 6.08 Å². The summed E-state index contributed by atoms with van der Waals surface area (Å²) in [6.07, 6.45) is 1.74. The highest BCUT2D eigenvalue weighted by Crippen LogP contribution is 2.31. The Morgan fingerprint density at radius 2 is 1.89 bits per heavy atom. The number of carbonyl (C=O) groups excluding carboxylic acids is 2. The predicted octanol–water partition coefficient (Wildman–Crippen LogP) is 3.85. The van der Waals surface area contributed by atoms with Gasteiger partial charge in [0, 0.05) is 6.92 Å². The number of fused-ring (bicyclic) bond motifs is 1. The number of nitrogens with zero attached hydrogens (tertiary/aromatic N) is 2. The van der Waals surface area contributed by atoms with Crippen LogP contribution in [0.2, 0.25) is 0 Å². The van der Waals surface area contributed by atoms with Crippen molar-refractivity contribution in [2.75, 3.05) is 6.61 Å². The molecule has 0 unspecified atom stereocenters. The van der Waals surface area contributed by atoms with Crippen LogP contribution < -0.4 is 19.6 Å². The van der Waals surface area contributed by atoms with E-state index in [1.165, 1.54) is 18.3 Å². The van der Waals surface area contributed by atoms with Crippen molar-refractivity contribution >= 4 is 29.4 Å². The fourth-order valence-electron chi connectivity index (χ4n) is 4.16. The molecule has 36 heavy (non-hydrogen) atoms. The first-order valence-electron chi connectivity index (χ1n) is 11.8. The fourth-order valence-corrected chi connectivity index (χ4v) is 5.20. The highest BCUT2D eigenvalue weighted by molar-refractivity contribution is 7.07. The Bertz CT molecular complexity index is 1530. The third-order valence-electron chi connectivity index (χ3n) is 5.85. The number of allylic oxidation sites excluding steroid dienone is 1. The smallest absolute Gasteiger partial charge is 0.338 e. The van der Waals surface area contributed by atoms with Crippen LogP contribution >= 0.6 is 11.3 Å². The Morgan fingerprint density at radius 3 is 2.53 bits per heavy atom. The number of esters is 2. The monoisotopic (exact) mass is 504 g/mol. The van der Waals surface area contributed by atoms with Gasteiger partial charge in [0.15, 0.2) is 4.80 Å². The number of aromatic nitrogens is 1. The first kappa shape index (κ1) is 25.3. The number of hydrogen-bond acceptors (Lipinski definition) is 7. The van der Waals surface area contributed by atoms with Gasteiger partial charge in [0.2, 0.25) is 0 Å². The predicted molar refractivity (Wildman–Crippen MR) is 139 cm³/mol. The lowest BCUT2D eigenvalue weighted by atomic mass is 9.93. The summed E-state index contributed by atoms with van der Waals surface area (Å²) in [4.78, 5) is 43.1. The van der Waals surface area contributed by atoms with Crippen LogP contribution in [-0.2, 0) is 14.3 Å². The Labute approximate surface area is 213 Å². The van der Waals surface area contributed by atoms with E-state index in [0.29, 0.717) is 37.8 Å². The van der Waals surface area contributed by atoms with Gasteiger partial charge in [-0.05, 0) is 54.7 Å². The molecule has 7 nitrogen and oxygen atoms in total. The molecule has 0 spiro atoms. The second-order valence-electron chi connectivity index (χ2n) is 8.79. The average molecular weight is 505 g/mol. The van der Waals surface area contributed by atoms with Crippen molar-refractivity contribution < 1.29 is 19.1 Å². The van der Waals surface area contributed by atoms with Crippen LogP contribution in [0.3, 0.4) is 0 Å². The van der Waals surface area contributed by atoms with Crippen LogP contribution in [0, 0.1) is 0 Å². The molecule has 1 aliphatic rings. The molecule has 0 N–H and O–H groups in total. The topological polar surface area (TPSA) is 87.0 Å². The van der Waals surface area contributed by atoms with Gasteiger partial charge in [-0.15, -0.1) is 0 Å². The molecular weight excluding hydrogens is 476 g/mol. The van der Waals surface area contributed by atoms with Crippen LogP contribution in [-0.4, -0.2) is 23.1 Å². The number of rotatable bonds is 6. The first-order valence-corrected chi connectivity index (χ1v) is 12.6. The van der Waals surface area contributed by atoms with Crippen molar-refractivity contribution in [3.63, 3.8) is 0 Å². The zero-order valence-electron chi connectivity index (χ0n) is 20.9. The van der Waals surface area contributed by atoms with Gasteiger partial charge >= 0.3 is 11.9 Å². The van der Waals surface area contributed by atoms with E-state index in [4.69, 9.17) is 9.47 Å². The highest BCUT2D eigenvalue weighted by atomic mass is 32.1. The van der Waals surface area contributed by atoms with Crippen molar-refractivity contribution in [2.24, 2.45) is 4.99 Å². The quantitative estimate of drug-likeness (QED) is 0.376. The molecule has 0 saturated carbocycles. The lowest BCUT2D eigenvalue weighted by Crippen LogP contribution is -2.39. The van der Waals surface area contributed by atoms with Crippen molar-refractivity contribution in [1.82, 2.24) is 4.57 Å². The first-order chi connectivity index (χ1) is 17.2. The molecule has 2 aromatic carbocycles. The van der Waals surface area contributed by atoms with Crippen molar-refractivity contribution in [3.05, 3.63) is 96.2 Å². The van der Waals surface area contributed by atoms with Gasteiger partial charge in [0.05, 0.1) is 28.5 Å². The van der Waals surface area contributed by atoms with E-state index in [2.05, 4.69) is 18.8 Å². The second kappa shape index (κ2) is 10.5. The molecule has 3 aromatic rings. The minimum Gasteiger partial charge on any atom is -0.463 e. The summed E-state index contributed by atoms with van der Waals surface area (Å²) >= 11 is 1.25. The van der Waals surface area contributed by atoms with Crippen LogP contribution in [0.5, 0.6) is 5.75 Å². The van der Waals surface area contributed by atoms with Gasteiger partial charge < -0.3 is 9.47 Å². The number of ether oxygens (including phenoxy) is 2. The summed E-state index contributed by atoms with van der Waals surface area (Å²) in [6.45, 7) is 9.30. The van der Waals surface area contributed by atoms with Crippen LogP contribution in [0.4, 0.5) is 0 Å². The van der Waals surface area contributed by atoms with E-state index < -0.39 is 18.0 Å². The van der Waals surface area contributed by atoms with Crippen molar-refractivity contribution in [3.8, 4) is 5.75 Å². The largest absolute Gasteiger partial charge is 0.463 e. The van der Waals surface area contributed by atoms with Gasteiger partial charge in [-0.3, -0.25) is 14.2 Å². The third-order valence-corrected chi connectivity index (χ3v) is 6.84. The van der Waals surface area contributed by atoms with Gasteiger partial charge in [-0.1, -0.05) is 61.6 Å². The van der Waals surface area contributed by atoms with Gasteiger partial charge in [0.25, 0.3) is 5.56 Å². The molecule has 0 fully saturated rings. The third kappa shape index (κ3) is 5.09. The zero-order chi connectivity index (χ0) is 26.0. The molecule has 0 radical (unpaired) electrons. The normalized spacial score (nSPS) is 15.5. The summed E-state index contributed by atoms with van der Waals surface area (Å²) in [5.41, 5.74) is 3.29. The molecule has 0 amide bonds. The Morgan fingerprint density at radius 1 is 1.17 bits per heavy atom. The molecule has 0 saturated heterocycles. The number of thiazole rings is 1. The molecule has 0 aliphatic carbocycles. The van der Waals surface area contributed by atoms with E-state index in [9.17, 15) is 14.4 Å². The molecule has 1 atom stereocenters. The molecule has 8 heteroatoms. The summed E-state index contributed by atoms with van der Waals surface area (Å²) in [7, 11) is 0. The van der Waals surface area contributed by atoms with E-state index in [0.717, 1.165) is 11.1 Å². The van der Waals surface area contributed by atoms with Crippen molar-refractivity contribution in [2.45, 2.75) is 46.6 Å².